The van der Waals surface area contributed by atoms with E-state index in [0.717, 1.165) is 23.7 Å². The van der Waals surface area contributed by atoms with E-state index in [4.69, 9.17) is 11.6 Å². The zero-order chi connectivity index (χ0) is 17.0. The highest BCUT2D eigenvalue weighted by atomic mass is 35.5. The van der Waals surface area contributed by atoms with E-state index in [1.807, 2.05) is 29.2 Å². The van der Waals surface area contributed by atoms with E-state index in [9.17, 15) is 4.79 Å². The Balaban J connectivity index is 1.40. The highest BCUT2D eigenvalue weighted by Crippen LogP contribution is 2.40. The third-order valence-corrected chi connectivity index (χ3v) is 5.92. The van der Waals surface area contributed by atoms with Gasteiger partial charge in [-0.15, -0.1) is 0 Å². The maximum absolute atomic E-state index is 12.4. The monoisotopic (exact) mass is 348 g/mol. The second-order valence-corrected chi connectivity index (χ2v) is 8.04. The van der Waals surface area contributed by atoms with Crippen molar-refractivity contribution in [1.82, 2.24) is 9.80 Å². The van der Waals surface area contributed by atoms with Crippen LogP contribution in [0.25, 0.3) is 0 Å². The number of unbranched alkanes of at least 4 members (excludes halogenated alkanes) is 2. The molecule has 0 saturated carbocycles. The molecule has 2 aliphatic heterocycles. The number of amides is 1. The minimum atomic E-state index is 0.258. The van der Waals surface area contributed by atoms with Crippen molar-refractivity contribution in [1.29, 1.82) is 0 Å². The molecular formula is C20H29ClN2O. The van der Waals surface area contributed by atoms with Crippen molar-refractivity contribution in [3.63, 3.8) is 0 Å². The summed E-state index contributed by atoms with van der Waals surface area (Å²) in [7, 11) is 0. The summed E-state index contributed by atoms with van der Waals surface area (Å²) in [6.07, 6.45) is 6.97. The molecular weight excluding hydrogens is 320 g/mol. The van der Waals surface area contributed by atoms with Crippen LogP contribution in [0.15, 0.2) is 24.3 Å². The predicted octanol–water partition coefficient (Wildman–Crippen LogP) is 4.00. The van der Waals surface area contributed by atoms with Gasteiger partial charge in [0.2, 0.25) is 5.91 Å². The van der Waals surface area contributed by atoms with Crippen molar-refractivity contribution in [3.05, 3.63) is 34.9 Å². The van der Waals surface area contributed by atoms with Crippen LogP contribution < -0.4 is 0 Å². The SMILES string of the molecule is CCCCCN1CCC2(CC1)CN(C(=O)Cc1ccc(Cl)cc1)C2. The molecule has 4 heteroatoms. The molecule has 132 valence electrons. The molecule has 2 saturated heterocycles. The van der Waals surface area contributed by atoms with Crippen LogP contribution >= 0.6 is 11.6 Å². The molecule has 1 aromatic rings. The van der Waals surface area contributed by atoms with Gasteiger partial charge in [0.15, 0.2) is 0 Å². The van der Waals surface area contributed by atoms with Gasteiger partial charge in [-0.05, 0) is 56.6 Å². The summed E-state index contributed by atoms with van der Waals surface area (Å²) in [6.45, 7) is 7.86. The zero-order valence-electron chi connectivity index (χ0n) is 14.8. The molecule has 1 aromatic carbocycles. The summed E-state index contributed by atoms with van der Waals surface area (Å²) in [4.78, 5) is 17.1. The van der Waals surface area contributed by atoms with Crippen LogP contribution in [0.2, 0.25) is 5.02 Å². The van der Waals surface area contributed by atoms with E-state index < -0.39 is 0 Å². The second-order valence-electron chi connectivity index (χ2n) is 7.60. The average molecular weight is 349 g/mol. The van der Waals surface area contributed by atoms with Crippen LogP contribution in [0.4, 0.5) is 0 Å². The molecule has 2 aliphatic rings. The van der Waals surface area contributed by atoms with Crippen LogP contribution in [0.3, 0.4) is 0 Å². The number of piperidine rings is 1. The molecule has 24 heavy (non-hydrogen) atoms. The lowest BCUT2D eigenvalue weighted by molar-refractivity contribution is -0.146. The van der Waals surface area contributed by atoms with E-state index in [1.54, 1.807) is 0 Å². The maximum atomic E-state index is 12.4. The fourth-order valence-electron chi connectivity index (χ4n) is 3.98. The van der Waals surface area contributed by atoms with Gasteiger partial charge in [0, 0.05) is 23.5 Å². The van der Waals surface area contributed by atoms with Crippen LogP contribution in [0.5, 0.6) is 0 Å². The average Bonchev–Trinajstić information content (AvgIpc) is 2.56. The molecule has 0 aliphatic carbocycles. The van der Waals surface area contributed by atoms with Gasteiger partial charge in [0.1, 0.15) is 0 Å². The van der Waals surface area contributed by atoms with E-state index in [0.29, 0.717) is 11.8 Å². The highest BCUT2D eigenvalue weighted by molar-refractivity contribution is 6.30. The smallest absolute Gasteiger partial charge is 0.227 e. The molecule has 3 rings (SSSR count). The first-order valence-electron chi connectivity index (χ1n) is 9.35. The number of rotatable bonds is 6. The van der Waals surface area contributed by atoms with Crippen LogP contribution in [-0.4, -0.2) is 48.4 Å². The normalized spacial score (nSPS) is 20.2. The van der Waals surface area contributed by atoms with Crippen LogP contribution in [0, 0.1) is 5.41 Å². The summed E-state index contributed by atoms with van der Waals surface area (Å²) in [5.41, 5.74) is 1.47. The van der Waals surface area contributed by atoms with Gasteiger partial charge in [-0.2, -0.15) is 0 Å². The Morgan fingerprint density at radius 3 is 2.42 bits per heavy atom. The number of carbonyl (C=O) groups is 1. The highest BCUT2D eigenvalue weighted by Gasteiger charge is 2.46. The molecule has 0 radical (unpaired) electrons. The molecule has 0 bridgehead atoms. The standard InChI is InChI=1S/C20H29ClN2O/c1-2-3-4-11-22-12-9-20(10-13-22)15-23(16-20)19(24)14-17-5-7-18(21)8-6-17/h5-8H,2-4,9-16H2,1H3. The summed E-state index contributed by atoms with van der Waals surface area (Å²) >= 11 is 5.90. The molecule has 0 atom stereocenters. The summed E-state index contributed by atoms with van der Waals surface area (Å²) in [5.74, 6) is 0.258. The lowest BCUT2D eigenvalue weighted by atomic mass is 9.72. The topological polar surface area (TPSA) is 23.6 Å². The van der Waals surface area contributed by atoms with Gasteiger partial charge in [0.05, 0.1) is 6.42 Å². The first-order valence-corrected chi connectivity index (χ1v) is 9.73. The molecule has 2 heterocycles. The summed E-state index contributed by atoms with van der Waals surface area (Å²) < 4.78 is 0. The minimum Gasteiger partial charge on any atom is -0.341 e. The zero-order valence-corrected chi connectivity index (χ0v) is 15.5. The number of hydrogen-bond donors (Lipinski definition) is 0. The van der Waals surface area contributed by atoms with Crippen molar-refractivity contribution in [2.24, 2.45) is 5.41 Å². The molecule has 3 nitrogen and oxygen atoms in total. The third kappa shape index (κ3) is 4.31. The molecule has 1 spiro atoms. The Kier molecular flexibility index (Phi) is 5.83. The van der Waals surface area contributed by atoms with E-state index in [-0.39, 0.29) is 5.91 Å². The van der Waals surface area contributed by atoms with Crippen LogP contribution in [-0.2, 0) is 11.2 Å². The Morgan fingerprint density at radius 1 is 1.12 bits per heavy atom. The predicted molar refractivity (Wildman–Crippen MR) is 99.4 cm³/mol. The van der Waals surface area contributed by atoms with Crippen LogP contribution in [0.1, 0.15) is 44.6 Å². The Bertz CT molecular complexity index is 541. The van der Waals surface area contributed by atoms with Crippen molar-refractivity contribution in [2.45, 2.75) is 45.4 Å². The number of hydrogen-bond acceptors (Lipinski definition) is 2. The van der Waals surface area contributed by atoms with E-state index in [2.05, 4.69) is 11.8 Å². The lowest BCUT2D eigenvalue weighted by Gasteiger charge is -2.54. The number of nitrogens with zero attached hydrogens (tertiary/aromatic N) is 2. The largest absolute Gasteiger partial charge is 0.341 e. The van der Waals surface area contributed by atoms with Gasteiger partial charge >= 0.3 is 0 Å². The first-order chi connectivity index (χ1) is 11.6. The number of benzene rings is 1. The Labute approximate surface area is 151 Å². The molecule has 1 amide bonds. The number of halogens is 1. The maximum Gasteiger partial charge on any atom is 0.227 e. The molecule has 2 fully saturated rings. The minimum absolute atomic E-state index is 0.258. The molecule has 0 aromatic heterocycles. The van der Waals surface area contributed by atoms with Crippen molar-refractivity contribution in [2.75, 3.05) is 32.7 Å². The summed E-state index contributed by atoms with van der Waals surface area (Å²) in [6, 6.07) is 7.61. The number of likely N-dealkylation sites (tertiary alicyclic amines) is 2. The fourth-order valence-corrected chi connectivity index (χ4v) is 4.11. The lowest BCUT2D eigenvalue weighted by Crippen LogP contribution is -2.62. The quantitative estimate of drug-likeness (QED) is 0.725. The van der Waals surface area contributed by atoms with E-state index in [1.165, 1.54) is 51.7 Å². The second kappa shape index (κ2) is 7.88. The van der Waals surface area contributed by atoms with Gasteiger partial charge in [0.25, 0.3) is 0 Å². The van der Waals surface area contributed by atoms with Gasteiger partial charge in [-0.1, -0.05) is 43.5 Å². The van der Waals surface area contributed by atoms with Crippen molar-refractivity contribution in [3.8, 4) is 0 Å². The third-order valence-electron chi connectivity index (χ3n) is 5.67. The van der Waals surface area contributed by atoms with Gasteiger partial charge in [-0.25, -0.2) is 0 Å². The first kappa shape index (κ1) is 17.8. The van der Waals surface area contributed by atoms with Gasteiger partial charge in [-0.3, -0.25) is 4.79 Å². The van der Waals surface area contributed by atoms with E-state index >= 15 is 0 Å². The summed E-state index contributed by atoms with van der Waals surface area (Å²) in [5, 5.41) is 0.722. The molecule has 0 N–H and O–H groups in total. The van der Waals surface area contributed by atoms with Crippen molar-refractivity contribution >= 4 is 17.5 Å². The Hall–Kier alpha value is -1.06. The number of carbonyl (C=O) groups excluding carboxylic acids is 1. The fraction of sp³-hybridized carbons (Fsp3) is 0.650. The Morgan fingerprint density at radius 2 is 1.79 bits per heavy atom. The molecule has 0 unspecified atom stereocenters. The van der Waals surface area contributed by atoms with Crippen molar-refractivity contribution < 1.29 is 4.79 Å². The van der Waals surface area contributed by atoms with Gasteiger partial charge < -0.3 is 9.80 Å².